The molecule has 2 atom stereocenters. The molecule has 0 aliphatic carbocycles. The summed E-state index contributed by atoms with van der Waals surface area (Å²) in [6.07, 6.45) is 1.51. The highest BCUT2D eigenvalue weighted by molar-refractivity contribution is 9.10. The van der Waals surface area contributed by atoms with Gasteiger partial charge in [-0.15, -0.1) is 0 Å². The fourth-order valence-electron chi connectivity index (χ4n) is 2.80. The first-order valence-corrected chi connectivity index (χ1v) is 8.21. The molecule has 1 saturated heterocycles. The van der Waals surface area contributed by atoms with Gasteiger partial charge in [-0.3, -0.25) is 0 Å². The van der Waals surface area contributed by atoms with Crippen LogP contribution >= 0.6 is 15.9 Å². The number of halogens is 1. The molecule has 0 radical (unpaired) electrons. The highest BCUT2D eigenvalue weighted by atomic mass is 79.9. The predicted molar refractivity (Wildman–Crippen MR) is 88.3 cm³/mol. The number of piperidine rings is 1. The van der Waals surface area contributed by atoms with Gasteiger partial charge in [0.05, 0.1) is 6.10 Å². The first kappa shape index (κ1) is 15.8. The molecule has 2 unspecified atom stereocenters. The molecule has 0 amide bonds. The third kappa shape index (κ3) is 3.74. The molecule has 0 saturated carbocycles. The van der Waals surface area contributed by atoms with Gasteiger partial charge < -0.3 is 15.0 Å². The standard InChI is InChI=1S/C16H25BrN2O/c1-4-18-10-13-5-6-14(17)9-15(13)19-8-7-12(2)16(11-19)20-3/h5-6,9,12,16,18H,4,7-8,10-11H2,1-3H3. The van der Waals surface area contributed by atoms with Gasteiger partial charge in [-0.25, -0.2) is 0 Å². The maximum absolute atomic E-state index is 5.64. The van der Waals surface area contributed by atoms with Gasteiger partial charge in [0.15, 0.2) is 0 Å². The van der Waals surface area contributed by atoms with Crippen molar-refractivity contribution in [2.24, 2.45) is 5.92 Å². The van der Waals surface area contributed by atoms with Gasteiger partial charge in [0, 0.05) is 36.9 Å². The van der Waals surface area contributed by atoms with Crippen molar-refractivity contribution in [1.29, 1.82) is 0 Å². The van der Waals surface area contributed by atoms with E-state index in [-0.39, 0.29) is 0 Å². The minimum absolute atomic E-state index is 0.328. The van der Waals surface area contributed by atoms with Gasteiger partial charge in [-0.1, -0.05) is 35.8 Å². The highest BCUT2D eigenvalue weighted by Gasteiger charge is 2.27. The van der Waals surface area contributed by atoms with Crippen LogP contribution in [0.1, 0.15) is 25.8 Å². The topological polar surface area (TPSA) is 24.5 Å². The Morgan fingerprint density at radius 1 is 1.45 bits per heavy atom. The number of hydrogen-bond donors (Lipinski definition) is 1. The molecule has 1 heterocycles. The van der Waals surface area contributed by atoms with E-state index in [9.17, 15) is 0 Å². The van der Waals surface area contributed by atoms with Crippen LogP contribution in [0.2, 0.25) is 0 Å². The van der Waals surface area contributed by atoms with E-state index in [1.54, 1.807) is 0 Å². The van der Waals surface area contributed by atoms with Gasteiger partial charge in [0.1, 0.15) is 0 Å². The quantitative estimate of drug-likeness (QED) is 0.888. The number of nitrogens with zero attached hydrogens (tertiary/aromatic N) is 1. The zero-order chi connectivity index (χ0) is 14.5. The second-order valence-corrected chi connectivity index (χ2v) is 6.46. The minimum atomic E-state index is 0.328. The lowest BCUT2D eigenvalue weighted by molar-refractivity contribution is 0.0498. The Bertz CT molecular complexity index is 438. The Kier molecular flexibility index (Phi) is 5.87. The summed E-state index contributed by atoms with van der Waals surface area (Å²) < 4.78 is 6.78. The van der Waals surface area contributed by atoms with Crippen LogP contribution in [0.4, 0.5) is 5.69 Å². The van der Waals surface area contributed by atoms with Crippen LogP contribution in [0.3, 0.4) is 0 Å². The third-order valence-electron chi connectivity index (χ3n) is 4.15. The molecular weight excluding hydrogens is 316 g/mol. The van der Waals surface area contributed by atoms with Crippen molar-refractivity contribution in [1.82, 2.24) is 5.32 Å². The number of anilines is 1. The van der Waals surface area contributed by atoms with E-state index < -0.39 is 0 Å². The molecule has 1 aliphatic rings. The fourth-order valence-corrected chi connectivity index (χ4v) is 3.15. The lowest BCUT2D eigenvalue weighted by Gasteiger charge is -2.38. The van der Waals surface area contributed by atoms with Crippen LogP contribution in [0.25, 0.3) is 0 Å². The molecule has 1 aromatic rings. The third-order valence-corrected chi connectivity index (χ3v) is 4.64. The van der Waals surface area contributed by atoms with Crippen molar-refractivity contribution in [3.8, 4) is 0 Å². The summed E-state index contributed by atoms with van der Waals surface area (Å²) in [6, 6.07) is 6.56. The van der Waals surface area contributed by atoms with Crippen LogP contribution in [-0.2, 0) is 11.3 Å². The summed E-state index contributed by atoms with van der Waals surface area (Å²) in [7, 11) is 1.82. The monoisotopic (exact) mass is 340 g/mol. The van der Waals surface area contributed by atoms with Crippen molar-refractivity contribution in [2.45, 2.75) is 32.9 Å². The van der Waals surface area contributed by atoms with E-state index in [1.165, 1.54) is 17.7 Å². The lowest BCUT2D eigenvalue weighted by atomic mass is 9.95. The Morgan fingerprint density at radius 3 is 2.95 bits per heavy atom. The smallest absolute Gasteiger partial charge is 0.0772 e. The largest absolute Gasteiger partial charge is 0.379 e. The average Bonchev–Trinajstić information content (AvgIpc) is 2.46. The molecule has 1 N–H and O–H groups in total. The zero-order valence-corrected chi connectivity index (χ0v) is 14.2. The normalized spacial score (nSPS) is 23.1. The molecule has 0 aromatic heterocycles. The highest BCUT2D eigenvalue weighted by Crippen LogP contribution is 2.30. The van der Waals surface area contributed by atoms with Crippen LogP contribution in [-0.4, -0.2) is 32.8 Å². The van der Waals surface area contributed by atoms with Crippen LogP contribution in [0.5, 0.6) is 0 Å². The second kappa shape index (κ2) is 7.43. The van der Waals surface area contributed by atoms with Crippen molar-refractivity contribution in [2.75, 3.05) is 31.6 Å². The van der Waals surface area contributed by atoms with Gasteiger partial charge in [-0.2, -0.15) is 0 Å². The summed E-state index contributed by atoms with van der Waals surface area (Å²) in [5.74, 6) is 0.639. The van der Waals surface area contributed by atoms with E-state index >= 15 is 0 Å². The molecule has 2 rings (SSSR count). The molecule has 1 aromatic carbocycles. The molecule has 1 fully saturated rings. The molecule has 0 bridgehead atoms. The number of rotatable bonds is 5. The van der Waals surface area contributed by atoms with E-state index in [4.69, 9.17) is 4.74 Å². The van der Waals surface area contributed by atoms with Gasteiger partial charge in [0.2, 0.25) is 0 Å². The maximum Gasteiger partial charge on any atom is 0.0772 e. The molecular formula is C16H25BrN2O. The SMILES string of the molecule is CCNCc1ccc(Br)cc1N1CCC(C)C(OC)C1. The van der Waals surface area contributed by atoms with Crippen molar-refractivity contribution < 1.29 is 4.74 Å². The Morgan fingerprint density at radius 2 is 2.25 bits per heavy atom. The first-order chi connectivity index (χ1) is 9.65. The van der Waals surface area contributed by atoms with Gasteiger partial charge in [-0.05, 0) is 36.6 Å². The number of benzene rings is 1. The molecule has 112 valence electrons. The predicted octanol–water partition coefficient (Wildman–Crippen LogP) is 3.42. The van der Waals surface area contributed by atoms with Crippen molar-refractivity contribution >= 4 is 21.6 Å². The summed E-state index contributed by atoms with van der Waals surface area (Å²) >= 11 is 3.60. The fraction of sp³-hybridized carbons (Fsp3) is 0.625. The van der Waals surface area contributed by atoms with E-state index in [0.29, 0.717) is 12.0 Å². The van der Waals surface area contributed by atoms with Crippen molar-refractivity contribution in [3.63, 3.8) is 0 Å². The molecule has 0 spiro atoms. The summed E-state index contributed by atoms with van der Waals surface area (Å²) in [6.45, 7) is 8.42. The molecule has 20 heavy (non-hydrogen) atoms. The second-order valence-electron chi connectivity index (χ2n) is 5.54. The maximum atomic E-state index is 5.64. The van der Waals surface area contributed by atoms with Crippen LogP contribution in [0.15, 0.2) is 22.7 Å². The Hall–Kier alpha value is -0.580. The number of nitrogens with one attached hydrogen (secondary N) is 1. The minimum Gasteiger partial charge on any atom is -0.379 e. The van der Waals surface area contributed by atoms with Gasteiger partial charge >= 0.3 is 0 Å². The first-order valence-electron chi connectivity index (χ1n) is 7.42. The van der Waals surface area contributed by atoms with E-state index in [2.05, 4.69) is 58.2 Å². The number of methoxy groups -OCH3 is 1. The van der Waals surface area contributed by atoms with Crippen LogP contribution < -0.4 is 10.2 Å². The van der Waals surface area contributed by atoms with E-state index in [1.807, 2.05) is 7.11 Å². The van der Waals surface area contributed by atoms with Gasteiger partial charge in [0.25, 0.3) is 0 Å². The Balaban J connectivity index is 2.19. The number of ether oxygens (including phenoxy) is 1. The van der Waals surface area contributed by atoms with E-state index in [0.717, 1.165) is 30.7 Å². The zero-order valence-electron chi connectivity index (χ0n) is 12.7. The van der Waals surface area contributed by atoms with Crippen molar-refractivity contribution in [3.05, 3.63) is 28.2 Å². The molecule has 3 nitrogen and oxygen atoms in total. The molecule has 4 heteroatoms. The summed E-state index contributed by atoms with van der Waals surface area (Å²) in [5, 5.41) is 3.42. The summed E-state index contributed by atoms with van der Waals surface area (Å²) in [4.78, 5) is 2.46. The van der Waals surface area contributed by atoms with Crippen LogP contribution in [0, 0.1) is 5.92 Å². The summed E-state index contributed by atoms with van der Waals surface area (Å²) in [5.41, 5.74) is 2.69. The molecule has 1 aliphatic heterocycles. The number of hydrogen-bond acceptors (Lipinski definition) is 3. The Labute approximate surface area is 130 Å². The average molecular weight is 341 g/mol. The lowest BCUT2D eigenvalue weighted by Crippen LogP contribution is -2.44.